The van der Waals surface area contributed by atoms with Crippen LogP contribution >= 0.6 is 15.9 Å². The van der Waals surface area contributed by atoms with Crippen molar-refractivity contribution in [2.24, 2.45) is 0 Å². The molecule has 0 radical (unpaired) electrons. The normalized spacial score (nSPS) is 10.1. The first-order chi connectivity index (χ1) is 8.68. The monoisotopic (exact) mass is 308 g/mol. The summed E-state index contributed by atoms with van der Waals surface area (Å²) in [4.78, 5) is 14.0. The summed E-state index contributed by atoms with van der Waals surface area (Å²) < 4.78 is 6.36. The molecule has 0 saturated carbocycles. The molecule has 2 aromatic rings. The van der Waals surface area contributed by atoms with Gasteiger partial charge in [0.2, 0.25) is 5.75 Å². The molecule has 0 saturated heterocycles. The fourth-order valence-corrected chi connectivity index (χ4v) is 1.80. The minimum atomic E-state index is -0.512. The standard InChI is InChI=1S/C12H9BrN2O3/c13-10-4-2-1-3-9(10)8-18-12-5-6-14-7-11(12)15(16)17/h1-7H,8H2. The van der Waals surface area contributed by atoms with Crippen molar-refractivity contribution in [1.29, 1.82) is 0 Å². The van der Waals surface area contributed by atoms with Crippen LogP contribution in [0.3, 0.4) is 0 Å². The van der Waals surface area contributed by atoms with E-state index in [0.29, 0.717) is 0 Å². The predicted molar refractivity (Wildman–Crippen MR) is 69.4 cm³/mol. The van der Waals surface area contributed by atoms with Gasteiger partial charge in [-0.05, 0) is 6.07 Å². The van der Waals surface area contributed by atoms with E-state index in [0.717, 1.165) is 10.0 Å². The molecule has 0 spiro atoms. The zero-order valence-corrected chi connectivity index (χ0v) is 10.8. The van der Waals surface area contributed by atoms with E-state index in [9.17, 15) is 10.1 Å². The number of benzene rings is 1. The van der Waals surface area contributed by atoms with Gasteiger partial charge in [-0.2, -0.15) is 0 Å². The van der Waals surface area contributed by atoms with Crippen molar-refractivity contribution < 1.29 is 9.66 Å². The Kier molecular flexibility index (Phi) is 3.88. The number of hydrogen-bond acceptors (Lipinski definition) is 4. The molecule has 1 heterocycles. The van der Waals surface area contributed by atoms with Crippen LogP contribution in [-0.4, -0.2) is 9.91 Å². The maximum absolute atomic E-state index is 10.8. The van der Waals surface area contributed by atoms with Crippen molar-refractivity contribution in [3.8, 4) is 5.75 Å². The first-order valence-electron chi connectivity index (χ1n) is 5.13. The van der Waals surface area contributed by atoms with E-state index >= 15 is 0 Å². The smallest absolute Gasteiger partial charge is 0.329 e. The third-order valence-electron chi connectivity index (χ3n) is 2.30. The Balaban J connectivity index is 2.16. The maximum atomic E-state index is 10.8. The number of hydrogen-bond donors (Lipinski definition) is 0. The first-order valence-corrected chi connectivity index (χ1v) is 5.92. The molecule has 0 aliphatic rings. The number of nitro groups is 1. The highest BCUT2D eigenvalue weighted by atomic mass is 79.9. The lowest BCUT2D eigenvalue weighted by molar-refractivity contribution is -0.386. The van der Waals surface area contributed by atoms with Gasteiger partial charge in [0.1, 0.15) is 12.8 Å². The van der Waals surface area contributed by atoms with Gasteiger partial charge in [-0.3, -0.25) is 15.1 Å². The molecule has 0 N–H and O–H groups in total. The molecule has 0 bridgehead atoms. The van der Waals surface area contributed by atoms with Crippen molar-refractivity contribution in [2.45, 2.75) is 6.61 Å². The fourth-order valence-electron chi connectivity index (χ4n) is 1.40. The Morgan fingerprint density at radius 3 is 2.83 bits per heavy atom. The van der Waals surface area contributed by atoms with Gasteiger partial charge in [-0.15, -0.1) is 0 Å². The number of ether oxygens (including phenoxy) is 1. The minimum Gasteiger partial charge on any atom is -0.482 e. The van der Waals surface area contributed by atoms with Crippen molar-refractivity contribution in [3.63, 3.8) is 0 Å². The summed E-state index contributed by atoms with van der Waals surface area (Å²) in [6.07, 6.45) is 2.64. The summed E-state index contributed by atoms with van der Waals surface area (Å²) in [6.45, 7) is 0.256. The van der Waals surface area contributed by atoms with E-state index in [4.69, 9.17) is 4.74 Å². The van der Waals surface area contributed by atoms with Gasteiger partial charge in [0.05, 0.1) is 4.92 Å². The lowest BCUT2D eigenvalue weighted by atomic mass is 10.2. The van der Waals surface area contributed by atoms with Crippen LogP contribution in [0.5, 0.6) is 5.75 Å². The Morgan fingerprint density at radius 1 is 1.33 bits per heavy atom. The second kappa shape index (κ2) is 5.59. The van der Waals surface area contributed by atoms with Crippen LogP contribution in [0.1, 0.15) is 5.56 Å². The largest absolute Gasteiger partial charge is 0.482 e. The molecular formula is C12H9BrN2O3. The van der Waals surface area contributed by atoms with Crippen molar-refractivity contribution in [2.75, 3.05) is 0 Å². The molecule has 2 rings (SSSR count). The maximum Gasteiger partial charge on any atom is 0.329 e. The van der Waals surface area contributed by atoms with Gasteiger partial charge >= 0.3 is 5.69 Å². The Bertz CT molecular complexity index is 575. The third kappa shape index (κ3) is 2.84. The molecule has 5 nitrogen and oxygen atoms in total. The highest BCUT2D eigenvalue weighted by Crippen LogP contribution is 2.26. The molecule has 0 fully saturated rings. The molecule has 0 atom stereocenters. The topological polar surface area (TPSA) is 65.3 Å². The van der Waals surface area contributed by atoms with Crippen LogP contribution in [0.15, 0.2) is 47.2 Å². The third-order valence-corrected chi connectivity index (χ3v) is 3.07. The second-order valence-corrected chi connectivity index (χ2v) is 4.33. The number of nitrogens with zero attached hydrogens (tertiary/aromatic N) is 2. The van der Waals surface area contributed by atoms with E-state index in [1.54, 1.807) is 0 Å². The lowest BCUT2D eigenvalue weighted by Gasteiger charge is -2.07. The SMILES string of the molecule is O=[N+]([O-])c1cnccc1OCc1ccccc1Br. The number of pyridine rings is 1. The van der Waals surface area contributed by atoms with E-state index in [-0.39, 0.29) is 18.0 Å². The highest BCUT2D eigenvalue weighted by molar-refractivity contribution is 9.10. The van der Waals surface area contributed by atoms with Crippen LogP contribution in [0.4, 0.5) is 5.69 Å². The van der Waals surface area contributed by atoms with E-state index in [2.05, 4.69) is 20.9 Å². The van der Waals surface area contributed by atoms with Gasteiger partial charge in [-0.1, -0.05) is 34.1 Å². The van der Waals surface area contributed by atoms with Crippen LogP contribution < -0.4 is 4.74 Å². The second-order valence-electron chi connectivity index (χ2n) is 3.48. The zero-order chi connectivity index (χ0) is 13.0. The molecule has 1 aromatic heterocycles. The summed E-state index contributed by atoms with van der Waals surface area (Å²) in [5.74, 6) is 0.214. The summed E-state index contributed by atoms with van der Waals surface area (Å²) in [7, 11) is 0. The summed E-state index contributed by atoms with van der Waals surface area (Å²) in [5.41, 5.74) is 0.785. The van der Waals surface area contributed by atoms with Crippen molar-refractivity contribution in [3.05, 3.63) is 62.9 Å². The molecule has 92 valence electrons. The van der Waals surface area contributed by atoms with Crippen LogP contribution in [-0.2, 0) is 6.61 Å². The highest BCUT2D eigenvalue weighted by Gasteiger charge is 2.14. The molecule has 0 unspecified atom stereocenters. The van der Waals surface area contributed by atoms with Crippen molar-refractivity contribution >= 4 is 21.6 Å². The average molecular weight is 309 g/mol. The van der Waals surface area contributed by atoms with Crippen LogP contribution in [0.25, 0.3) is 0 Å². The molecule has 0 aliphatic heterocycles. The Hall–Kier alpha value is -1.95. The molecule has 1 aromatic carbocycles. The van der Waals surface area contributed by atoms with E-state index in [1.807, 2.05) is 24.3 Å². The first kappa shape index (κ1) is 12.5. The number of aromatic nitrogens is 1. The Morgan fingerprint density at radius 2 is 2.11 bits per heavy atom. The predicted octanol–water partition coefficient (Wildman–Crippen LogP) is 3.33. The van der Waals surface area contributed by atoms with E-state index < -0.39 is 4.92 Å². The summed E-state index contributed by atoms with van der Waals surface area (Å²) in [6, 6.07) is 9.03. The average Bonchev–Trinajstić information content (AvgIpc) is 2.38. The van der Waals surface area contributed by atoms with Gasteiger partial charge in [-0.25, -0.2) is 0 Å². The van der Waals surface area contributed by atoms with Crippen LogP contribution in [0.2, 0.25) is 0 Å². The van der Waals surface area contributed by atoms with Crippen LogP contribution in [0, 0.1) is 10.1 Å². The van der Waals surface area contributed by atoms with Gasteiger partial charge in [0, 0.05) is 22.3 Å². The van der Waals surface area contributed by atoms with Gasteiger partial charge < -0.3 is 4.74 Å². The minimum absolute atomic E-state index is 0.135. The summed E-state index contributed by atoms with van der Waals surface area (Å²) in [5, 5.41) is 10.8. The lowest BCUT2D eigenvalue weighted by Crippen LogP contribution is -2.00. The number of halogens is 1. The number of rotatable bonds is 4. The van der Waals surface area contributed by atoms with Gasteiger partial charge in [0.15, 0.2) is 0 Å². The molecule has 18 heavy (non-hydrogen) atoms. The Labute approximate surface area is 112 Å². The van der Waals surface area contributed by atoms with Gasteiger partial charge in [0.25, 0.3) is 0 Å². The zero-order valence-electron chi connectivity index (χ0n) is 9.25. The molecular weight excluding hydrogens is 300 g/mol. The molecule has 0 amide bonds. The van der Waals surface area contributed by atoms with Crippen molar-refractivity contribution in [1.82, 2.24) is 4.98 Å². The molecule has 6 heteroatoms. The quantitative estimate of drug-likeness (QED) is 0.642. The fraction of sp³-hybridized carbons (Fsp3) is 0.0833. The summed E-state index contributed by atoms with van der Waals surface area (Å²) >= 11 is 3.39. The molecule has 0 aliphatic carbocycles. The van der Waals surface area contributed by atoms with E-state index in [1.165, 1.54) is 18.5 Å².